The van der Waals surface area contributed by atoms with Gasteiger partial charge in [0, 0.05) is 11.3 Å². The molecule has 4 heteroatoms. The first-order valence-electron chi connectivity index (χ1n) is 3.01. The molecule has 0 saturated carbocycles. The maximum Gasteiger partial charge on any atom is 0.0471 e. The lowest BCUT2D eigenvalue weighted by molar-refractivity contribution is 0.710. The Balaban J connectivity index is -0.000000245. The first kappa shape index (κ1) is 16.8. The van der Waals surface area contributed by atoms with E-state index < -0.39 is 0 Å². The zero-order valence-electron chi connectivity index (χ0n) is 6.58. The van der Waals surface area contributed by atoms with Crippen LogP contribution in [0, 0.1) is 0 Å². The van der Waals surface area contributed by atoms with Gasteiger partial charge in [-0.15, -0.1) is 23.2 Å². The summed E-state index contributed by atoms with van der Waals surface area (Å²) in [5.41, 5.74) is 0. The van der Waals surface area contributed by atoms with E-state index in [9.17, 15) is 0 Å². The van der Waals surface area contributed by atoms with Crippen LogP contribution in [0.1, 0.15) is 26.2 Å². The minimum atomic E-state index is 0. The summed E-state index contributed by atoms with van der Waals surface area (Å²) in [6.07, 6.45) is 3.46. The van der Waals surface area contributed by atoms with Gasteiger partial charge in [-0.05, 0) is 6.42 Å². The molecule has 0 aliphatic carbocycles. The fourth-order valence-corrected chi connectivity index (χ4v) is 0.811. The lowest BCUT2D eigenvalue weighted by atomic mass is 10.2. The van der Waals surface area contributed by atoms with Crippen LogP contribution in [0.15, 0.2) is 0 Å². The Hall–Kier alpha value is 0.500. The normalized spacial score (nSPS) is 11.1. The van der Waals surface area contributed by atoms with Crippen molar-refractivity contribution in [2.24, 2.45) is 0 Å². The lowest BCUT2D eigenvalue weighted by Gasteiger charge is -2.00. The number of unbranched alkanes of at least 4 members (excludes halogenated alkanes) is 1. The van der Waals surface area contributed by atoms with Crippen LogP contribution in [-0.2, 0) is 0 Å². The Bertz CT molecular complexity index is 53.0. The standard InChI is InChI=1S/C6H12Cl2.2H3N/c1-2-3-4-6(8)5-7;;/h6H,2-5H2,1H3;2*1H3. The molecule has 66 valence electrons. The van der Waals surface area contributed by atoms with Crippen molar-refractivity contribution < 1.29 is 0 Å². The molecule has 0 amide bonds. The van der Waals surface area contributed by atoms with Crippen LogP contribution >= 0.6 is 23.2 Å². The van der Waals surface area contributed by atoms with Gasteiger partial charge in [0.2, 0.25) is 0 Å². The third-order valence-electron chi connectivity index (χ3n) is 1.04. The minimum Gasteiger partial charge on any atom is -0.344 e. The quantitative estimate of drug-likeness (QED) is 0.665. The first-order chi connectivity index (χ1) is 3.81. The summed E-state index contributed by atoms with van der Waals surface area (Å²) in [5, 5.41) is 0.191. The molecule has 1 unspecified atom stereocenters. The number of hydrogen-bond donors (Lipinski definition) is 2. The molecule has 0 rings (SSSR count). The highest BCUT2D eigenvalue weighted by Crippen LogP contribution is 2.07. The fraction of sp³-hybridized carbons (Fsp3) is 1.00. The molecule has 6 N–H and O–H groups in total. The highest BCUT2D eigenvalue weighted by atomic mass is 35.5. The molecule has 10 heavy (non-hydrogen) atoms. The number of halogens is 2. The molecule has 0 spiro atoms. The molecule has 0 radical (unpaired) electrons. The topological polar surface area (TPSA) is 70.0 Å². The summed E-state index contributed by atoms with van der Waals surface area (Å²) in [4.78, 5) is 0. The molecule has 0 aromatic rings. The summed E-state index contributed by atoms with van der Waals surface area (Å²) in [7, 11) is 0. The lowest BCUT2D eigenvalue weighted by Crippen LogP contribution is -1.98. The Morgan fingerprint density at radius 3 is 2.10 bits per heavy atom. The Kier molecular flexibility index (Phi) is 20.6. The van der Waals surface area contributed by atoms with Crippen LogP contribution in [0.5, 0.6) is 0 Å². The average Bonchev–Trinajstić information content (AvgIpc) is 1.83. The summed E-state index contributed by atoms with van der Waals surface area (Å²) in [6, 6.07) is 0. The van der Waals surface area contributed by atoms with Crippen molar-refractivity contribution in [2.75, 3.05) is 5.88 Å². The fourth-order valence-electron chi connectivity index (χ4n) is 0.503. The monoisotopic (exact) mass is 188 g/mol. The predicted molar refractivity (Wildman–Crippen MR) is 49.9 cm³/mol. The maximum atomic E-state index is 5.71. The van der Waals surface area contributed by atoms with Gasteiger partial charge in [-0.25, -0.2) is 0 Å². The molecule has 0 aliphatic heterocycles. The zero-order chi connectivity index (χ0) is 6.41. The van der Waals surface area contributed by atoms with Crippen LogP contribution in [0.3, 0.4) is 0 Å². The first-order valence-corrected chi connectivity index (χ1v) is 3.98. The second-order valence-corrected chi connectivity index (χ2v) is 2.82. The molecule has 0 aromatic heterocycles. The molecule has 2 nitrogen and oxygen atoms in total. The van der Waals surface area contributed by atoms with Crippen molar-refractivity contribution in [3.05, 3.63) is 0 Å². The molecular weight excluding hydrogens is 171 g/mol. The van der Waals surface area contributed by atoms with Crippen LogP contribution in [0.4, 0.5) is 0 Å². The van der Waals surface area contributed by atoms with Crippen LogP contribution < -0.4 is 12.3 Å². The second-order valence-electron chi connectivity index (χ2n) is 1.89. The van der Waals surface area contributed by atoms with Crippen LogP contribution in [0.25, 0.3) is 0 Å². The van der Waals surface area contributed by atoms with E-state index in [0.29, 0.717) is 5.88 Å². The Morgan fingerprint density at radius 1 is 1.30 bits per heavy atom. The van der Waals surface area contributed by atoms with Crippen molar-refractivity contribution in [1.82, 2.24) is 12.3 Å². The third kappa shape index (κ3) is 11.3. The maximum absolute atomic E-state index is 5.71. The van der Waals surface area contributed by atoms with Gasteiger partial charge in [0.25, 0.3) is 0 Å². The summed E-state index contributed by atoms with van der Waals surface area (Å²) in [6.45, 7) is 2.15. The molecule has 0 aromatic carbocycles. The summed E-state index contributed by atoms with van der Waals surface area (Å²) >= 11 is 11.2. The van der Waals surface area contributed by atoms with E-state index in [-0.39, 0.29) is 17.7 Å². The highest BCUT2D eigenvalue weighted by Gasteiger charge is 1.98. The number of hydrogen-bond acceptors (Lipinski definition) is 2. The number of rotatable bonds is 4. The second kappa shape index (κ2) is 12.2. The van der Waals surface area contributed by atoms with Crippen molar-refractivity contribution >= 4 is 23.2 Å². The van der Waals surface area contributed by atoms with Gasteiger partial charge in [0.05, 0.1) is 0 Å². The molecule has 0 saturated heterocycles. The average molecular weight is 189 g/mol. The van der Waals surface area contributed by atoms with E-state index in [1.807, 2.05) is 0 Å². The van der Waals surface area contributed by atoms with Crippen molar-refractivity contribution in [3.63, 3.8) is 0 Å². The molecular formula is C6H18Cl2N2. The Morgan fingerprint density at radius 2 is 1.80 bits per heavy atom. The van der Waals surface area contributed by atoms with Crippen molar-refractivity contribution in [1.29, 1.82) is 0 Å². The van der Waals surface area contributed by atoms with Crippen LogP contribution in [0.2, 0.25) is 0 Å². The summed E-state index contributed by atoms with van der Waals surface area (Å²) in [5.74, 6) is 0.585. The van der Waals surface area contributed by atoms with Crippen LogP contribution in [-0.4, -0.2) is 11.3 Å². The van der Waals surface area contributed by atoms with Gasteiger partial charge in [0.1, 0.15) is 0 Å². The van der Waals surface area contributed by atoms with Crippen molar-refractivity contribution in [2.45, 2.75) is 31.6 Å². The Labute approximate surface area is 73.4 Å². The molecule has 0 bridgehead atoms. The zero-order valence-corrected chi connectivity index (χ0v) is 8.09. The van der Waals surface area contributed by atoms with E-state index in [1.54, 1.807) is 0 Å². The van der Waals surface area contributed by atoms with E-state index in [2.05, 4.69) is 6.92 Å². The van der Waals surface area contributed by atoms with Gasteiger partial charge in [-0.1, -0.05) is 19.8 Å². The van der Waals surface area contributed by atoms with Gasteiger partial charge in [0.15, 0.2) is 0 Å². The number of alkyl halides is 2. The van der Waals surface area contributed by atoms with Crippen molar-refractivity contribution in [3.8, 4) is 0 Å². The molecule has 0 fully saturated rings. The van der Waals surface area contributed by atoms with E-state index in [1.165, 1.54) is 12.8 Å². The molecule has 0 aliphatic rings. The van der Waals surface area contributed by atoms with E-state index in [4.69, 9.17) is 23.2 Å². The third-order valence-corrected chi connectivity index (χ3v) is 1.94. The summed E-state index contributed by atoms with van der Waals surface area (Å²) < 4.78 is 0. The molecule has 0 heterocycles. The van der Waals surface area contributed by atoms with Gasteiger partial charge >= 0.3 is 0 Å². The highest BCUT2D eigenvalue weighted by molar-refractivity contribution is 6.28. The van der Waals surface area contributed by atoms with E-state index in [0.717, 1.165) is 6.42 Å². The predicted octanol–water partition coefficient (Wildman–Crippen LogP) is 3.35. The smallest absolute Gasteiger partial charge is 0.0471 e. The largest absolute Gasteiger partial charge is 0.344 e. The van der Waals surface area contributed by atoms with Gasteiger partial charge in [-0.3, -0.25) is 0 Å². The van der Waals surface area contributed by atoms with E-state index >= 15 is 0 Å². The SMILES string of the molecule is CCCCC(Cl)CCl.N.N. The van der Waals surface area contributed by atoms with Gasteiger partial charge < -0.3 is 12.3 Å². The molecule has 1 atom stereocenters. The van der Waals surface area contributed by atoms with Gasteiger partial charge in [-0.2, -0.15) is 0 Å². The minimum absolute atomic E-state index is 0.